The fraction of sp³-hybridized carbons (Fsp3) is 0.857. The van der Waals surface area contributed by atoms with Gasteiger partial charge in [-0.25, -0.2) is 9.59 Å². The van der Waals surface area contributed by atoms with Crippen LogP contribution >= 0.6 is 0 Å². The molecule has 1 heterocycles. The van der Waals surface area contributed by atoms with Gasteiger partial charge >= 0.3 is 12.0 Å². The van der Waals surface area contributed by atoms with Crippen LogP contribution in [0.4, 0.5) is 4.79 Å². The van der Waals surface area contributed by atoms with Crippen LogP contribution in [0.3, 0.4) is 0 Å². The van der Waals surface area contributed by atoms with Crippen LogP contribution in [0.15, 0.2) is 0 Å². The van der Waals surface area contributed by atoms with Gasteiger partial charge in [-0.3, -0.25) is 0 Å². The zero-order chi connectivity index (χ0) is 14.7. The van der Waals surface area contributed by atoms with Gasteiger partial charge in [0.05, 0.1) is 13.2 Å². The maximum absolute atomic E-state index is 12.6. The number of carboxylic acid groups (broad SMARTS) is 1. The van der Waals surface area contributed by atoms with E-state index in [4.69, 9.17) is 9.84 Å². The number of rotatable bonds is 5. The quantitative estimate of drug-likeness (QED) is 0.828. The first-order valence-electron chi connectivity index (χ1n) is 7.39. The zero-order valence-corrected chi connectivity index (χ0v) is 12.2. The first-order valence-corrected chi connectivity index (χ1v) is 7.39. The highest BCUT2D eigenvalue weighted by molar-refractivity contribution is 5.78. The minimum atomic E-state index is -0.998. The Balaban J connectivity index is 1.94. The molecule has 0 bridgehead atoms. The summed E-state index contributed by atoms with van der Waals surface area (Å²) in [5.41, 5.74) is 0. The van der Waals surface area contributed by atoms with Crippen LogP contribution in [-0.2, 0) is 9.53 Å². The number of nitrogens with zero attached hydrogens (tertiary/aromatic N) is 2. The normalized spacial score (nSPS) is 22.9. The van der Waals surface area contributed by atoms with E-state index in [1.54, 1.807) is 4.90 Å². The number of carbonyl (C=O) groups excluding carboxylic acids is 1. The molecule has 1 saturated heterocycles. The summed E-state index contributed by atoms with van der Waals surface area (Å²) in [6.07, 6.45) is 2.22. The highest BCUT2D eigenvalue weighted by Gasteiger charge is 2.37. The fourth-order valence-electron chi connectivity index (χ4n) is 2.37. The second-order valence-electron chi connectivity index (χ2n) is 6.03. The van der Waals surface area contributed by atoms with Crippen molar-refractivity contribution >= 4 is 12.0 Å². The number of morpholine rings is 1. The molecule has 114 valence electrons. The van der Waals surface area contributed by atoms with Crippen molar-refractivity contribution in [1.82, 2.24) is 9.80 Å². The average Bonchev–Trinajstić information content (AvgIpc) is 3.23. The smallest absolute Gasteiger partial charge is 0.334 e. The summed E-state index contributed by atoms with van der Waals surface area (Å²) in [7, 11) is 0. The van der Waals surface area contributed by atoms with E-state index in [0.29, 0.717) is 25.1 Å². The fourth-order valence-corrected chi connectivity index (χ4v) is 2.37. The molecular weight excluding hydrogens is 260 g/mol. The van der Waals surface area contributed by atoms with Gasteiger partial charge in [0.25, 0.3) is 0 Å². The lowest BCUT2D eigenvalue weighted by Gasteiger charge is -2.35. The van der Waals surface area contributed by atoms with Gasteiger partial charge in [-0.1, -0.05) is 13.8 Å². The van der Waals surface area contributed by atoms with E-state index in [1.165, 1.54) is 0 Å². The van der Waals surface area contributed by atoms with Gasteiger partial charge in [0, 0.05) is 19.1 Å². The lowest BCUT2D eigenvalue weighted by atomic mass is 10.1. The van der Waals surface area contributed by atoms with E-state index >= 15 is 0 Å². The molecule has 0 aromatic carbocycles. The van der Waals surface area contributed by atoms with Crippen LogP contribution in [0, 0.1) is 5.92 Å². The van der Waals surface area contributed by atoms with Crippen molar-refractivity contribution in [2.24, 2.45) is 5.92 Å². The number of hydrogen-bond acceptors (Lipinski definition) is 3. The molecule has 2 aliphatic rings. The largest absolute Gasteiger partial charge is 0.479 e. The third-order valence-corrected chi connectivity index (χ3v) is 3.79. The van der Waals surface area contributed by atoms with Crippen LogP contribution < -0.4 is 0 Å². The first kappa shape index (κ1) is 15.1. The lowest BCUT2D eigenvalue weighted by molar-refractivity contribution is -0.154. The highest BCUT2D eigenvalue weighted by atomic mass is 16.5. The van der Waals surface area contributed by atoms with E-state index in [2.05, 4.69) is 13.8 Å². The van der Waals surface area contributed by atoms with Gasteiger partial charge in [-0.2, -0.15) is 0 Å². The number of urea groups is 1. The Labute approximate surface area is 119 Å². The van der Waals surface area contributed by atoms with E-state index in [9.17, 15) is 9.59 Å². The molecule has 1 N–H and O–H groups in total. The van der Waals surface area contributed by atoms with E-state index < -0.39 is 12.1 Å². The molecule has 0 aromatic rings. The third-order valence-electron chi connectivity index (χ3n) is 3.79. The molecule has 2 amide bonds. The van der Waals surface area contributed by atoms with Crippen LogP contribution in [0.5, 0.6) is 0 Å². The second-order valence-corrected chi connectivity index (χ2v) is 6.03. The molecule has 6 nitrogen and oxygen atoms in total. The molecule has 1 aliphatic heterocycles. The summed E-state index contributed by atoms with van der Waals surface area (Å²) in [4.78, 5) is 27.1. The summed E-state index contributed by atoms with van der Waals surface area (Å²) in [6.45, 7) is 5.98. The van der Waals surface area contributed by atoms with E-state index in [0.717, 1.165) is 25.8 Å². The Morgan fingerprint density at radius 2 is 2.10 bits per heavy atom. The number of aliphatic carboxylic acids is 1. The molecule has 1 saturated carbocycles. The monoisotopic (exact) mass is 284 g/mol. The van der Waals surface area contributed by atoms with Crippen LogP contribution in [0.2, 0.25) is 0 Å². The molecule has 1 unspecified atom stereocenters. The molecule has 0 aromatic heterocycles. The highest BCUT2D eigenvalue weighted by Crippen LogP contribution is 2.28. The Morgan fingerprint density at radius 1 is 1.40 bits per heavy atom. The van der Waals surface area contributed by atoms with Crippen molar-refractivity contribution in [3.63, 3.8) is 0 Å². The zero-order valence-electron chi connectivity index (χ0n) is 12.2. The Morgan fingerprint density at radius 3 is 2.65 bits per heavy atom. The second kappa shape index (κ2) is 6.43. The predicted octanol–water partition coefficient (Wildman–Crippen LogP) is 1.40. The van der Waals surface area contributed by atoms with Gasteiger partial charge in [0.15, 0.2) is 6.10 Å². The topological polar surface area (TPSA) is 70.1 Å². The summed E-state index contributed by atoms with van der Waals surface area (Å²) in [6, 6.07) is 0.329. The molecule has 6 heteroatoms. The van der Waals surface area contributed by atoms with Gasteiger partial charge in [-0.05, 0) is 25.2 Å². The average molecular weight is 284 g/mol. The number of carboxylic acids is 1. The molecule has 2 fully saturated rings. The van der Waals surface area contributed by atoms with Crippen molar-refractivity contribution < 1.29 is 19.4 Å². The summed E-state index contributed by atoms with van der Waals surface area (Å²) in [5.74, 6) is -0.442. The van der Waals surface area contributed by atoms with Crippen molar-refractivity contribution in [2.45, 2.75) is 45.3 Å². The van der Waals surface area contributed by atoms with Crippen molar-refractivity contribution in [2.75, 3.05) is 26.2 Å². The van der Waals surface area contributed by atoms with Crippen LogP contribution in [-0.4, -0.2) is 65.3 Å². The van der Waals surface area contributed by atoms with Gasteiger partial charge in [0.1, 0.15) is 0 Å². The van der Waals surface area contributed by atoms with Crippen molar-refractivity contribution in [3.8, 4) is 0 Å². The van der Waals surface area contributed by atoms with Gasteiger partial charge in [0.2, 0.25) is 0 Å². The Bertz CT molecular complexity index is 368. The number of carbonyl (C=O) groups is 2. The third kappa shape index (κ3) is 3.85. The molecule has 2 rings (SSSR count). The molecule has 0 radical (unpaired) electrons. The van der Waals surface area contributed by atoms with Gasteiger partial charge in [-0.15, -0.1) is 0 Å². The molecule has 0 spiro atoms. The predicted molar refractivity (Wildman–Crippen MR) is 73.5 cm³/mol. The number of hydrogen-bond donors (Lipinski definition) is 1. The van der Waals surface area contributed by atoms with Crippen molar-refractivity contribution in [3.05, 3.63) is 0 Å². The maximum atomic E-state index is 12.6. The lowest BCUT2D eigenvalue weighted by Crippen LogP contribution is -2.53. The summed E-state index contributed by atoms with van der Waals surface area (Å²) in [5, 5.41) is 9.00. The van der Waals surface area contributed by atoms with Crippen LogP contribution in [0.1, 0.15) is 33.1 Å². The van der Waals surface area contributed by atoms with Crippen LogP contribution in [0.25, 0.3) is 0 Å². The van der Waals surface area contributed by atoms with E-state index in [1.807, 2.05) is 4.90 Å². The van der Waals surface area contributed by atoms with Gasteiger partial charge < -0.3 is 19.6 Å². The number of ether oxygens (including phenoxy) is 1. The molecule has 1 atom stereocenters. The maximum Gasteiger partial charge on any atom is 0.334 e. The standard InChI is InChI=1S/C14H24N2O4/c1-10(2)5-6-16(11-3-4-11)14(19)15-7-8-20-12(9-15)13(17)18/h10-12H,3-9H2,1-2H3,(H,17,18). The first-order chi connectivity index (χ1) is 9.49. The SMILES string of the molecule is CC(C)CCN(C(=O)N1CCOC(C(=O)O)C1)C1CC1. The molecular formula is C14H24N2O4. The minimum Gasteiger partial charge on any atom is -0.479 e. The Kier molecular flexibility index (Phi) is 4.86. The molecule has 1 aliphatic carbocycles. The van der Waals surface area contributed by atoms with Crippen molar-refractivity contribution in [1.29, 1.82) is 0 Å². The molecule has 20 heavy (non-hydrogen) atoms. The summed E-state index contributed by atoms with van der Waals surface area (Å²) >= 11 is 0. The number of amides is 2. The summed E-state index contributed by atoms with van der Waals surface area (Å²) < 4.78 is 5.16. The van der Waals surface area contributed by atoms with E-state index in [-0.39, 0.29) is 12.6 Å². The minimum absolute atomic E-state index is 0.0253. The Hall–Kier alpha value is -1.30.